The number of carbonyl (C=O) groups is 2. The molecule has 0 saturated carbocycles. The average Bonchev–Trinajstić information content (AvgIpc) is 2.47. The normalized spacial score (nSPS) is 12.1. The van der Waals surface area contributed by atoms with Gasteiger partial charge < -0.3 is 26.6 Å². The number of rotatable bonds is 1. The Kier molecular flexibility index (Phi) is 4.42. The summed E-state index contributed by atoms with van der Waals surface area (Å²) in [6.45, 7) is 0.0803. The van der Waals surface area contributed by atoms with Gasteiger partial charge in [-0.05, 0) is 24.3 Å². The number of aromatic nitrogens is 1. The number of benzene rings is 1. The van der Waals surface area contributed by atoms with Crippen LogP contribution in [0.4, 0.5) is 17.1 Å². The second-order valence-electron chi connectivity index (χ2n) is 4.36. The highest BCUT2D eigenvalue weighted by atomic mass is 16.5. The van der Waals surface area contributed by atoms with Gasteiger partial charge in [-0.25, -0.2) is 4.79 Å². The van der Waals surface area contributed by atoms with E-state index in [9.17, 15) is 9.59 Å². The summed E-state index contributed by atoms with van der Waals surface area (Å²) in [6, 6.07) is 6.59. The molecule has 1 aromatic heterocycles. The molecule has 0 radical (unpaired) electrons. The number of nitrogens with two attached hydrogens (primary N) is 2. The Bertz CT molecular complexity index is 718. The van der Waals surface area contributed by atoms with Crippen molar-refractivity contribution in [3.05, 3.63) is 42.2 Å². The van der Waals surface area contributed by atoms with Gasteiger partial charge in [0.2, 0.25) is 0 Å². The molecule has 8 nitrogen and oxygen atoms in total. The van der Waals surface area contributed by atoms with Crippen molar-refractivity contribution in [2.75, 3.05) is 23.4 Å². The van der Waals surface area contributed by atoms with E-state index >= 15 is 0 Å². The van der Waals surface area contributed by atoms with Gasteiger partial charge in [0.15, 0.2) is 6.61 Å². The molecule has 0 unspecified atom stereocenters. The largest absolute Gasteiger partial charge is 0.482 e. The van der Waals surface area contributed by atoms with Gasteiger partial charge >= 0.3 is 5.97 Å². The first-order valence-electron chi connectivity index (χ1n) is 6.22. The van der Waals surface area contributed by atoms with E-state index in [-0.39, 0.29) is 23.8 Å². The summed E-state index contributed by atoms with van der Waals surface area (Å²) in [5.74, 6) is -0.525. The smallest absolute Gasteiger partial charge is 0.339 e. The Balaban J connectivity index is 0.000000164. The lowest BCUT2D eigenvalue weighted by atomic mass is 10.2. The van der Waals surface area contributed by atoms with Crippen LogP contribution < -0.4 is 21.5 Å². The standard InChI is InChI=1S/C8H8N2O2.C6H6N2O2/c9-5-1-2-7-6(3-5)10-8(11)4-12-7;7-5-1-2-8-3-4(5)6(9)10/h1-3H,4,9H2,(H,10,11);1-3H,(H2,7,8)(H,9,10). The van der Waals surface area contributed by atoms with E-state index in [0.29, 0.717) is 17.1 Å². The fourth-order valence-corrected chi connectivity index (χ4v) is 1.68. The van der Waals surface area contributed by atoms with Crippen molar-refractivity contribution in [2.45, 2.75) is 0 Å². The number of carbonyl (C=O) groups excluding carboxylic acids is 1. The molecule has 0 bridgehead atoms. The highest BCUT2D eigenvalue weighted by molar-refractivity contribution is 5.96. The summed E-state index contributed by atoms with van der Waals surface area (Å²) in [6.07, 6.45) is 2.67. The number of nitrogen functional groups attached to an aromatic ring is 2. The molecular weight excluding hydrogens is 288 g/mol. The zero-order valence-electron chi connectivity index (χ0n) is 11.4. The van der Waals surface area contributed by atoms with Crippen LogP contribution in [0, 0.1) is 0 Å². The topological polar surface area (TPSA) is 141 Å². The number of carboxylic acid groups (broad SMARTS) is 1. The van der Waals surface area contributed by atoms with Gasteiger partial charge in [-0.1, -0.05) is 0 Å². The zero-order valence-corrected chi connectivity index (χ0v) is 11.4. The first-order valence-corrected chi connectivity index (χ1v) is 6.22. The number of ether oxygens (including phenoxy) is 1. The van der Waals surface area contributed by atoms with Crippen molar-refractivity contribution in [3.8, 4) is 5.75 Å². The van der Waals surface area contributed by atoms with Crippen LogP contribution in [0.5, 0.6) is 5.75 Å². The van der Waals surface area contributed by atoms with Crippen LogP contribution in [0.15, 0.2) is 36.7 Å². The molecule has 0 atom stereocenters. The molecule has 22 heavy (non-hydrogen) atoms. The maximum Gasteiger partial charge on any atom is 0.339 e. The van der Waals surface area contributed by atoms with Gasteiger partial charge in [0.05, 0.1) is 5.69 Å². The molecule has 2 heterocycles. The Labute approximate surface area is 125 Å². The summed E-state index contributed by atoms with van der Waals surface area (Å²) < 4.78 is 5.12. The number of nitrogens with zero attached hydrogens (tertiary/aromatic N) is 1. The van der Waals surface area contributed by atoms with Gasteiger partial charge in [-0.2, -0.15) is 0 Å². The minimum Gasteiger partial charge on any atom is -0.482 e. The van der Waals surface area contributed by atoms with Crippen LogP contribution >= 0.6 is 0 Å². The molecule has 1 aliphatic heterocycles. The Hall–Kier alpha value is -3.29. The summed E-state index contributed by atoms with van der Waals surface area (Å²) in [4.78, 5) is 24.8. The third kappa shape index (κ3) is 3.63. The average molecular weight is 302 g/mol. The van der Waals surface area contributed by atoms with Crippen LogP contribution in [0.3, 0.4) is 0 Å². The maximum atomic E-state index is 10.9. The van der Waals surface area contributed by atoms with Gasteiger partial charge in [-0.15, -0.1) is 0 Å². The number of nitrogens with one attached hydrogen (secondary N) is 1. The monoisotopic (exact) mass is 302 g/mol. The fraction of sp³-hybridized carbons (Fsp3) is 0.0714. The van der Waals surface area contributed by atoms with Gasteiger partial charge in [0, 0.05) is 23.8 Å². The van der Waals surface area contributed by atoms with Crippen molar-refractivity contribution < 1.29 is 19.4 Å². The summed E-state index contributed by atoms with van der Waals surface area (Å²) in [5, 5.41) is 11.1. The molecule has 2 aromatic rings. The van der Waals surface area contributed by atoms with E-state index in [4.69, 9.17) is 21.3 Å². The first kappa shape index (κ1) is 15.1. The molecule has 0 spiro atoms. The lowest BCUT2D eigenvalue weighted by Crippen LogP contribution is -2.25. The first-order chi connectivity index (χ1) is 10.5. The zero-order chi connectivity index (χ0) is 16.1. The van der Waals surface area contributed by atoms with Gasteiger partial charge in [-0.3, -0.25) is 9.78 Å². The highest BCUT2D eigenvalue weighted by Gasteiger charge is 2.14. The number of hydrogen-bond acceptors (Lipinski definition) is 6. The Morgan fingerprint density at radius 3 is 2.73 bits per heavy atom. The lowest BCUT2D eigenvalue weighted by molar-refractivity contribution is -0.118. The van der Waals surface area contributed by atoms with Gasteiger partial charge in [0.25, 0.3) is 5.91 Å². The Morgan fingerprint density at radius 2 is 2.09 bits per heavy atom. The van der Waals surface area contributed by atoms with E-state index < -0.39 is 5.97 Å². The number of amides is 1. The molecular formula is C14H14N4O4. The SMILES string of the molecule is Nc1ccc2c(c1)NC(=O)CO2.Nc1ccncc1C(=O)O. The van der Waals surface area contributed by atoms with Crippen LogP contribution in [0.2, 0.25) is 0 Å². The molecule has 0 fully saturated rings. The molecule has 0 aliphatic carbocycles. The summed E-state index contributed by atoms with van der Waals surface area (Å²) >= 11 is 0. The maximum absolute atomic E-state index is 10.9. The van der Waals surface area contributed by atoms with Crippen LogP contribution in [-0.4, -0.2) is 28.6 Å². The number of fused-ring (bicyclic) bond motifs is 1. The Morgan fingerprint density at radius 1 is 1.32 bits per heavy atom. The van der Waals surface area contributed by atoms with Crippen LogP contribution in [0.25, 0.3) is 0 Å². The molecule has 114 valence electrons. The molecule has 8 heteroatoms. The number of anilines is 3. The minimum absolute atomic E-state index is 0.0440. The van der Waals surface area contributed by atoms with E-state index in [1.165, 1.54) is 18.5 Å². The third-order valence-electron chi connectivity index (χ3n) is 2.72. The minimum atomic E-state index is -1.05. The molecule has 6 N–H and O–H groups in total. The van der Waals surface area contributed by atoms with Crippen molar-refractivity contribution >= 4 is 28.9 Å². The fourth-order valence-electron chi connectivity index (χ4n) is 1.68. The summed E-state index contributed by atoms with van der Waals surface area (Å²) in [7, 11) is 0. The number of pyridine rings is 1. The quantitative estimate of drug-likeness (QED) is 0.575. The molecule has 3 rings (SSSR count). The lowest BCUT2D eigenvalue weighted by Gasteiger charge is -2.17. The molecule has 0 saturated heterocycles. The number of carboxylic acids is 1. The predicted octanol–water partition coefficient (Wildman–Crippen LogP) is 0.962. The van der Waals surface area contributed by atoms with Crippen LogP contribution in [-0.2, 0) is 4.79 Å². The number of aromatic carboxylic acids is 1. The predicted molar refractivity (Wildman–Crippen MR) is 80.6 cm³/mol. The van der Waals surface area contributed by atoms with Crippen molar-refractivity contribution in [2.24, 2.45) is 0 Å². The molecule has 1 amide bonds. The van der Waals surface area contributed by atoms with Crippen molar-refractivity contribution in [1.29, 1.82) is 0 Å². The van der Waals surface area contributed by atoms with Crippen LogP contribution in [0.1, 0.15) is 10.4 Å². The summed E-state index contributed by atoms with van der Waals surface area (Å²) in [5.41, 5.74) is 12.4. The molecule has 1 aromatic carbocycles. The second-order valence-corrected chi connectivity index (χ2v) is 4.36. The van der Waals surface area contributed by atoms with E-state index in [1.807, 2.05) is 0 Å². The third-order valence-corrected chi connectivity index (χ3v) is 2.72. The van der Waals surface area contributed by atoms with Gasteiger partial charge in [0.1, 0.15) is 11.3 Å². The number of hydrogen-bond donors (Lipinski definition) is 4. The van der Waals surface area contributed by atoms with Crippen molar-refractivity contribution in [3.63, 3.8) is 0 Å². The second kappa shape index (κ2) is 6.44. The van der Waals surface area contributed by atoms with Crippen molar-refractivity contribution in [1.82, 2.24) is 4.98 Å². The van der Waals surface area contributed by atoms with E-state index in [1.54, 1.807) is 18.2 Å². The van der Waals surface area contributed by atoms with E-state index in [2.05, 4.69) is 10.3 Å². The van der Waals surface area contributed by atoms with E-state index in [0.717, 1.165) is 0 Å². The highest BCUT2D eigenvalue weighted by Crippen LogP contribution is 2.28. The molecule has 1 aliphatic rings.